The second-order valence-electron chi connectivity index (χ2n) is 6.48. The number of ether oxygens (including phenoxy) is 2. The maximum Gasteiger partial charge on any atom is 0.303 e. The molecule has 0 unspecified atom stereocenters. The fourth-order valence-electron chi connectivity index (χ4n) is 3.17. The molecule has 0 aromatic carbocycles. The van der Waals surface area contributed by atoms with Gasteiger partial charge in [-0.25, -0.2) is 0 Å². The van der Waals surface area contributed by atoms with Crippen molar-refractivity contribution in [3.8, 4) is 0 Å². The Kier molecular flexibility index (Phi) is 8.47. The molecular formula is C19H32O3. The van der Waals surface area contributed by atoms with Crippen LogP contribution in [-0.4, -0.2) is 23.8 Å². The number of unbranched alkanes of at least 4 members (excludes halogenated alkanes) is 3. The molecule has 0 amide bonds. The van der Waals surface area contributed by atoms with Crippen molar-refractivity contribution in [3.05, 3.63) is 25.3 Å². The Morgan fingerprint density at radius 1 is 1.32 bits per heavy atom. The Bertz CT molecular complexity index is 364. The highest BCUT2D eigenvalue weighted by Crippen LogP contribution is 2.38. The first-order valence-corrected chi connectivity index (χ1v) is 8.58. The van der Waals surface area contributed by atoms with Gasteiger partial charge in [-0.1, -0.05) is 18.6 Å². The maximum atomic E-state index is 11.4. The van der Waals surface area contributed by atoms with Crippen LogP contribution in [0.1, 0.15) is 71.6 Å². The summed E-state index contributed by atoms with van der Waals surface area (Å²) in [6.07, 6.45) is 13.3. The molecule has 126 valence electrons. The molecule has 0 aliphatic carbocycles. The Balaban J connectivity index is 2.52. The third kappa shape index (κ3) is 6.35. The molecule has 1 aliphatic heterocycles. The van der Waals surface area contributed by atoms with E-state index in [1.165, 1.54) is 6.92 Å². The summed E-state index contributed by atoms with van der Waals surface area (Å²) in [5.74, 6) is -0.213. The zero-order valence-corrected chi connectivity index (χ0v) is 14.3. The maximum absolute atomic E-state index is 11.4. The largest absolute Gasteiger partial charge is 0.459 e. The van der Waals surface area contributed by atoms with Crippen LogP contribution in [0.2, 0.25) is 0 Å². The molecule has 3 nitrogen and oxygen atoms in total. The van der Waals surface area contributed by atoms with Gasteiger partial charge in [0.05, 0.1) is 6.10 Å². The minimum atomic E-state index is -0.337. The van der Waals surface area contributed by atoms with Crippen molar-refractivity contribution in [2.45, 2.75) is 89.4 Å². The standard InChI is InChI=1S/C19H32O3/c1-5-7-9-10-11-13-18(21-16(3)20)19(4)15-14-17(22-19)12-8-6-2/h5-6,17-18H,1-2,7-15H2,3-4H3/t17-,18+,19-/m0/s1. The fraction of sp³-hybridized carbons (Fsp3) is 0.737. The number of hydrogen-bond acceptors (Lipinski definition) is 3. The Morgan fingerprint density at radius 3 is 2.68 bits per heavy atom. The van der Waals surface area contributed by atoms with Crippen molar-refractivity contribution in [1.82, 2.24) is 0 Å². The molecule has 1 aliphatic rings. The zero-order chi connectivity index (χ0) is 16.4. The Labute approximate surface area is 135 Å². The number of carbonyl (C=O) groups is 1. The van der Waals surface area contributed by atoms with Crippen molar-refractivity contribution in [2.75, 3.05) is 0 Å². The molecule has 1 rings (SSSR count). The predicted octanol–water partition coefficient (Wildman–Crippen LogP) is 4.96. The van der Waals surface area contributed by atoms with E-state index in [0.29, 0.717) is 0 Å². The quantitative estimate of drug-likeness (QED) is 0.307. The van der Waals surface area contributed by atoms with Crippen molar-refractivity contribution in [1.29, 1.82) is 0 Å². The molecule has 1 saturated heterocycles. The lowest BCUT2D eigenvalue weighted by molar-refractivity contribution is -0.168. The van der Waals surface area contributed by atoms with E-state index in [9.17, 15) is 4.79 Å². The molecule has 3 heteroatoms. The average Bonchev–Trinajstić information content (AvgIpc) is 2.86. The van der Waals surface area contributed by atoms with Gasteiger partial charge in [-0.2, -0.15) is 0 Å². The molecular weight excluding hydrogens is 276 g/mol. The molecule has 0 N–H and O–H groups in total. The van der Waals surface area contributed by atoms with Gasteiger partial charge >= 0.3 is 5.97 Å². The van der Waals surface area contributed by atoms with Gasteiger partial charge in [-0.05, 0) is 58.3 Å². The summed E-state index contributed by atoms with van der Waals surface area (Å²) in [4.78, 5) is 11.4. The first-order chi connectivity index (χ1) is 10.5. The van der Waals surface area contributed by atoms with Gasteiger partial charge in [-0.3, -0.25) is 4.79 Å². The summed E-state index contributed by atoms with van der Waals surface area (Å²) in [6.45, 7) is 11.1. The highest BCUT2D eigenvalue weighted by atomic mass is 16.6. The van der Waals surface area contributed by atoms with Crippen molar-refractivity contribution < 1.29 is 14.3 Å². The molecule has 1 heterocycles. The van der Waals surface area contributed by atoms with Crippen molar-refractivity contribution >= 4 is 5.97 Å². The first kappa shape index (κ1) is 19.0. The molecule has 0 spiro atoms. The SMILES string of the molecule is C=CCCCCC[C@@H](OC(C)=O)[C@]1(C)CC[C@H](CCC=C)O1. The van der Waals surface area contributed by atoms with E-state index < -0.39 is 0 Å². The van der Waals surface area contributed by atoms with Gasteiger partial charge in [0.15, 0.2) is 0 Å². The molecule has 22 heavy (non-hydrogen) atoms. The van der Waals surface area contributed by atoms with Gasteiger partial charge in [0.1, 0.15) is 11.7 Å². The molecule has 0 bridgehead atoms. The number of carbonyl (C=O) groups excluding carboxylic acids is 1. The number of rotatable bonds is 11. The first-order valence-electron chi connectivity index (χ1n) is 8.58. The number of esters is 1. The monoisotopic (exact) mass is 308 g/mol. The Hall–Kier alpha value is -1.09. The number of allylic oxidation sites excluding steroid dienone is 2. The van der Waals surface area contributed by atoms with Gasteiger partial charge < -0.3 is 9.47 Å². The second-order valence-corrected chi connectivity index (χ2v) is 6.48. The van der Waals surface area contributed by atoms with Crippen molar-refractivity contribution in [2.24, 2.45) is 0 Å². The third-order valence-electron chi connectivity index (χ3n) is 4.46. The molecule has 0 radical (unpaired) electrons. The fourth-order valence-corrected chi connectivity index (χ4v) is 3.17. The van der Waals surface area contributed by atoms with Crippen LogP contribution in [0.15, 0.2) is 25.3 Å². The summed E-state index contributed by atoms with van der Waals surface area (Å²) in [7, 11) is 0. The van der Waals surface area contributed by atoms with Crippen LogP contribution in [0.5, 0.6) is 0 Å². The normalized spacial score (nSPS) is 25.6. The zero-order valence-electron chi connectivity index (χ0n) is 14.3. The van der Waals surface area contributed by atoms with E-state index in [2.05, 4.69) is 20.1 Å². The summed E-state index contributed by atoms with van der Waals surface area (Å²) in [5, 5.41) is 0. The van der Waals surface area contributed by atoms with E-state index in [0.717, 1.165) is 57.8 Å². The van der Waals surface area contributed by atoms with E-state index in [1.54, 1.807) is 0 Å². The van der Waals surface area contributed by atoms with Crippen LogP contribution >= 0.6 is 0 Å². The smallest absolute Gasteiger partial charge is 0.303 e. The second kappa shape index (κ2) is 9.83. The van der Waals surface area contributed by atoms with E-state index >= 15 is 0 Å². The average molecular weight is 308 g/mol. The van der Waals surface area contributed by atoms with Crippen LogP contribution < -0.4 is 0 Å². The minimum absolute atomic E-state index is 0.137. The molecule has 0 aromatic heterocycles. The molecule has 3 atom stereocenters. The van der Waals surface area contributed by atoms with Gasteiger partial charge in [0.2, 0.25) is 0 Å². The third-order valence-corrected chi connectivity index (χ3v) is 4.46. The van der Waals surface area contributed by atoms with Gasteiger partial charge in [0, 0.05) is 6.92 Å². The summed E-state index contributed by atoms with van der Waals surface area (Å²) < 4.78 is 11.8. The highest BCUT2D eigenvalue weighted by molar-refractivity contribution is 5.66. The van der Waals surface area contributed by atoms with E-state index in [4.69, 9.17) is 9.47 Å². The molecule has 0 aromatic rings. The van der Waals surface area contributed by atoms with E-state index in [-0.39, 0.29) is 23.8 Å². The van der Waals surface area contributed by atoms with Crippen LogP contribution in [0.25, 0.3) is 0 Å². The minimum Gasteiger partial charge on any atom is -0.459 e. The predicted molar refractivity (Wildman–Crippen MR) is 90.8 cm³/mol. The summed E-state index contributed by atoms with van der Waals surface area (Å²) in [6, 6.07) is 0. The highest BCUT2D eigenvalue weighted by Gasteiger charge is 2.43. The number of hydrogen-bond donors (Lipinski definition) is 0. The van der Waals surface area contributed by atoms with Gasteiger partial charge in [-0.15, -0.1) is 13.2 Å². The topological polar surface area (TPSA) is 35.5 Å². The van der Waals surface area contributed by atoms with Gasteiger partial charge in [0.25, 0.3) is 0 Å². The lowest BCUT2D eigenvalue weighted by Gasteiger charge is -2.33. The Morgan fingerprint density at radius 2 is 2.05 bits per heavy atom. The van der Waals surface area contributed by atoms with Crippen molar-refractivity contribution in [3.63, 3.8) is 0 Å². The molecule has 1 fully saturated rings. The van der Waals surface area contributed by atoms with Crippen LogP contribution in [0.4, 0.5) is 0 Å². The molecule has 0 saturated carbocycles. The lowest BCUT2D eigenvalue weighted by atomic mass is 9.91. The van der Waals surface area contributed by atoms with E-state index in [1.807, 2.05) is 12.2 Å². The summed E-state index contributed by atoms with van der Waals surface area (Å²) in [5.41, 5.74) is -0.337. The lowest BCUT2D eigenvalue weighted by Crippen LogP contribution is -2.42. The summed E-state index contributed by atoms with van der Waals surface area (Å²) >= 11 is 0. The van der Waals surface area contributed by atoms with Crippen LogP contribution in [-0.2, 0) is 14.3 Å². The van der Waals surface area contributed by atoms with Crippen LogP contribution in [0.3, 0.4) is 0 Å². The van der Waals surface area contributed by atoms with Crippen LogP contribution in [0, 0.1) is 0 Å².